The number of hydrogen-bond acceptors (Lipinski definition) is 4. The summed E-state index contributed by atoms with van der Waals surface area (Å²) >= 11 is 0. The molecule has 21 heavy (non-hydrogen) atoms. The minimum atomic E-state index is -4.06. The zero-order valence-electron chi connectivity index (χ0n) is 11.4. The van der Waals surface area contributed by atoms with Gasteiger partial charge in [-0.25, -0.2) is 17.2 Å². The number of hydrogen-bond donors (Lipinski definition) is 0. The Balaban J connectivity index is 2.33. The maximum Gasteiger partial charge on any atom is 0.324 e. The van der Waals surface area contributed by atoms with Crippen molar-refractivity contribution in [3.63, 3.8) is 0 Å². The number of ether oxygens (including phenoxy) is 1. The first-order valence-corrected chi connectivity index (χ1v) is 7.95. The Bertz CT molecular complexity index is 648. The van der Waals surface area contributed by atoms with E-state index in [-0.39, 0.29) is 18.0 Å². The normalized spacial score (nSPS) is 19.7. The second kappa shape index (κ2) is 6.07. The van der Waals surface area contributed by atoms with Crippen LogP contribution < -0.4 is 0 Å². The van der Waals surface area contributed by atoms with Crippen LogP contribution in [0.3, 0.4) is 0 Å². The van der Waals surface area contributed by atoms with Crippen LogP contribution in [0, 0.1) is 11.6 Å². The van der Waals surface area contributed by atoms with Gasteiger partial charge in [-0.1, -0.05) is 0 Å². The third kappa shape index (κ3) is 3.06. The Hall–Kier alpha value is -1.54. The first-order chi connectivity index (χ1) is 9.87. The molecule has 0 bridgehead atoms. The highest BCUT2D eigenvalue weighted by Gasteiger charge is 2.40. The fourth-order valence-electron chi connectivity index (χ4n) is 2.27. The molecule has 1 aliphatic rings. The summed E-state index contributed by atoms with van der Waals surface area (Å²) in [6.07, 6.45) is 0.855. The number of nitrogens with zero attached hydrogens (tertiary/aromatic N) is 1. The molecule has 116 valence electrons. The molecule has 8 heteroatoms. The highest BCUT2D eigenvalue weighted by molar-refractivity contribution is 7.89. The zero-order chi connectivity index (χ0) is 15.6. The van der Waals surface area contributed by atoms with Gasteiger partial charge < -0.3 is 4.74 Å². The summed E-state index contributed by atoms with van der Waals surface area (Å²) in [7, 11) is -4.06. The lowest BCUT2D eigenvalue weighted by molar-refractivity contribution is -0.146. The van der Waals surface area contributed by atoms with E-state index in [0.717, 1.165) is 16.4 Å². The van der Waals surface area contributed by atoms with Crippen molar-refractivity contribution in [3.05, 3.63) is 29.8 Å². The Labute approximate surface area is 121 Å². The molecular weight excluding hydrogens is 304 g/mol. The topological polar surface area (TPSA) is 63.7 Å². The molecule has 0 aromatic heterocycles. The third-order valence-corrected chi connectivity index (χ3v) is 5.16. The first-order valence-electron chi connectivity index (χ1n) is 6.51. The fourth-order valence-corrected chi connectivity index (χ4v) is 3.93. The number of sulfonamides is 1. The molecule has 1 atom stereocenters. The van der Waals surface area contributed by atoms with Gasteiger partial charge in [0.25, 0.3) is 0 Å². The number of benzene rings is 1. The largest absolute Gasteiger partial charge is 0.465 e. The van der Waals surface area contributed by atoms with Crippen molar-refractivity contribution in [2.24, 2.45) is 0 Å². The van der Waals surface area contributed by atoms with Gasteiger partial charge in [0, 0.05) is 6.54 Å². The Morgan fingerprint density at radius 2 is 2.10 bits per heavy atom. The van der Waals surface area contributed by atoms with Gasteiger partial charge in [0.05, 0.1) is 11.5 Å². The summed E-state index contributed by atoms with van der Waals surface area (Å²) in [5.74, 6) is -3.00. The number of carbonyl (C=O) groups is 1. The minimum absolute atomic E-state index is 0.144. The van der Waals surface area contributed by atoms with E-state index in [2.05, 4.69) is 0 Å². The van der Waals surface area contributed by atoms with E-state index in [1.807, 2.05) is 0 Å². The molecule has 1 aromatic carbocycles. The molecular formula is C13H15F2NO4S. The average molecular weight is 319 g/mol. The predicted molar refractivity (Wildman–Crippen MR) is 69.9 cm³/mol. The Morgan fingerprint density at radius 1 is 1.38 bits per heavy atom. The van der Waals surface area contributed by atoms with Crippen LogP contribution >= 0.6 is 0 Å². The summed E-state index contributed by atoms with van der Waals surface area (Å²) in [4.78, 5) is 11.4. The standard InChI is InChI=1S/C13H15F2NO4S/c1-2-20-13(17)12-4-3-7-16(12)21(18,19)9-5-6-10(14)11(15)8-9/h5-6,8,12H,2-4,7H2,1H3. The maximum atomic E-state index is 13.2. The highest BCUT2D eigenvalue weighted by Crippen LogP contribution is 2.27. The van der Waals surface area contributed by atoms with Crippen LogP contribution in [0.4, 0.5) is 8.78 Å². The third-order valence-electron chi connectivity index (χ3n) is 3.26. The highest BCUT2D eigenvalue weighted by atomic mass is 32.2. The predicted octanol–water partition coefficient (Wildman–Crippen LogP) is 1.68. The molecule has 1 aromatic rings. The summed E-state index contributed by atoms with van der Waals surface area (Å²) in [5.41, 5.74) is 0. The quantitative estimate of drug-likeness (QED) is 0.792. The van der Waals surface area contributed by atoms with E-state index in [0.29, 0.717) is 18.9 Å². The molecule has 0 N–H and O–H groups in total. The van der Waals surface area contributed by atoms with Crippen LogP contribution in [0.1, 0.15) is 19.8 Å². The van der Waals surface area contributed by atoms with Crippen molar-refractivity contribution in [2.75, 3.05) is 13.2 Å². The van der Waals surface area contributed by atoms with Crippen LogP contribution in [-0.2, 0) is 19.6 Å². The van der Waals surface area contributed by atoms with Crippen molar-refractivity contribution in [1.82, 2.24) is 4.31 Å². The molecule has 0 aliphatic carbocycles. The van der Waals surface area contributed by atoms with Gasteiger partial charge in [0.1, 0.15) is 6.04 Å². The molecule has 0 saturated carbocycles. The average Bonchev–Trinajstić information content (AvgIpc) is 2.92. The van der Waals surface area contributed by atoms with Crippen LogP contribution in [0.5, 0.6) is 0 Å². The van der Waals surface area contributed by atoms with Gasteiger partial charge in [-0.3, -0.25) is 4.79 Å². The SMILES string of the molecule is CCOC(=O)C1CCCN1S(=O)(=O)c1ccc(F)c(F)c1. The Kier molecular flexibility index (Phi) is 4.58. The van der Waals surface area contributed by atoms with Gasteiger partial charge in [0.2, 0.25) is 10.0 Å². The molecule has 1 aliphatic heterocycles. The van der Waals surface area contributed by atoms with Crippen molar-refractivity contribution >= 4 is 16.0 Å². The minimum Gasteiger partial charge on any atom is -0.465 e. The second-order valence-corrected chi connectivity index (χ2v) is 6.49. The summed E-state index contributed by atoms with van der Waals surface area (Å²) < 4.78 is 56.9. The monoisotopic (exact) mass is 319 g/mol. The van der Waals surface area contributed by atoms with Crippen molar-refractivity contribution < 1.29 is 26.7 Å². The molecule has 0 spiro atoms. The summed E-state index contributed by atoms with van der Waals surface area (Å²) in [6, 6.07) is 1.43. The lowest BCUT2D eigenvalue weighted by atomic mass is 10.2. The number of esters is 1. The second-order valence-electron chi connectivity index (χ2n) is 4.60. The van der Waals surface area contributed by atoms with E-state index in [4.69, 9.17) is 4.74 Å². The fraction of sp³-hybridized carbons (Fsp3) is 0.462. The van der Waals surface area contributed by atoms with E-state index < -0.39 is 33.7 Å². The molecule has 1 heterocycles. The molecule has 2 rings (SSSR count). The molecule has 1 saturated heterocycles. The maximum absolute atomic E-state index is 13.2. The van der Waals surface area contributed by atoms with Crippen molar-refractivity contribution in [2.45, 2.75) is 30.7 Å². The number of rotatable bonds is 4. The smallest absolute Gasteiger partial charge is 0.324 e. The van der Waals surface area contributed by atoms with Gasteiger partial charge in [0.15, 0.2) is 11.6 Å². The lowest BCUT2D eigenvalue weighted by Crippen LogP contribution is -2.41. The molecule has 0 amide bonds. The molecule has 1 fully saturated rings. The van der Waals surface area contributed by atoms with Crippen LogP contribution in [0.2, 0.25) is 0 Å². The zero-order valence-corrected chi connectivity index (χ0v) is 12.2. The number of halogens is 2. The lowest BCUT2D eigenvalue weighted by Gasteiger charge is -2.22. The summed E-state index contributed by atoms with van der Waals surface area (Å²) in [5, 5.41) is 0. The van der Waals surface area contributed by atoms with E-state index in [1.165, 1.54) is 0 Å². The van der Waals surface area contributed by atoms with Gasteiger partial charge >= 0.3 is 5.97 Å². The van der Waals surface area contributed by atoms with Gasteiger partial charge in [-0.2, -0.15) is 4.31 Å². The number of carbonyl (C=O) groups excluding carboxylic acids is 1. The van der Waals surface area contributed by atoms with Crippen LogP contribution in [0.25, 0.3) is 0 Å². The van der Waals surface area contributed by atoms with E-state index in [9.17, 15) is 22.0 Å². The van der Waals surface area contributed by atoms with Crippen molar-refractivity contribution in [3.8, 4) is 0 Å². The molecule has 1 unspecified atom stereocenters. The molecule has 5 nitrogen and oxygen atoms in total. The van der Waals surface area contributed by atoms with Gasteiger partial charge in [-0.05, 0) is 38.0 Å². The van der Waals surface area contributed by atoms with E-state index in [1.54, 1.807) is 6.92 Å². The Morgan fingerprint density at radius 3 is 2.71 bits per heavy atom. The van der Waals surface area contributed by atoms with Crippen LogP contribution in [-0.4, -0.2) is 37.9 Å². The molecule has 0 radical (unpaired) electrons. The summed E-state index contributed by atoms with van der Waals surface area (Å²) in [6.45, 7) is 1.92. The van der Waals surface area contributed by atoms with E-state index >= 15 is 0 Å². The van der Waals surface area contributed by atoms with Gasteiger partial charge in [-0.15, -0.1) is 0 Å². The van der Waals surface area contributed by atoms with Crippen molar-refractivity contribution in [1.29, 1.82) is 0 Å². The van der Waals surface area contributed by atoms with Crippen LogP contribution in [0.15, 0.2) is 23.1 Å². The first kappa shape index (κ1) is 15.8.